The summed E-state index contributed by atoms with van der Waals surface area (Å²) >= 11 is 0. The number of carbonyl (C=O) groups is 1. The van der Waals surface area contributed by atoms with Gasteiger partial charge in [-0.3, -0.25) is 4.79 Å². The maximum atomic E-state index is 12.5. The van der Waals surface area contributed by atoms with Crippen LogP contribution in [0.2, 0.25) is 0 Å². The van der Waals surface area contributed by atoms with E-state index in [2.05, 4.69) is 5.32 Å². The van der Waals surface area contributed by atoms with Crippen LogP contribution in [0.4, 0.5) is 11.4 Å². The Morgan fingerprint density at radius 2 is 1.89 bits per heavy atom. The van der Waals surface area contributed by atoms with E-state index in [1.807, 2.05) is 51.0 Å². The molecular formula is C20H33N3O3S. The summed E-state index contributed by atoms with van der Waals surface area (Å²) in [4.78, 5) is 14.4. The highest BCUT2D eigenvalue weighted by Gasteiger charge is 2.25. The Balaban J connectivity index is 2.30. The normalized spacial score (nSPS) is 16.5. The van der Waals surface area contributed by atoms with Gasteiger partial charge in [-0.15, -0.1) is 0 Å². The zero-order valence-corrected chi connectivity index (χ0v) is 18.0. The number of sulfonamides is 1. The lowest BCUT2D eigenvalue weighted by atomic mass is 10.1. The van der Waals surface area contributed by atoms with E-state index in [0.29, 0.717) is 0 Å². The Kier molecular flexibility index (Phi) is 7.28. The molecule has 0 spiro atoms. The molecule has 0 unspecified atom stereocenters. The molecule has 1 aliphatic rings. The van der Waals surface area contributed by atoms with Gasteiger partial charge in [0.2, 0.25) is 15.9 Å². The van der Waals surface area contributed by atoms with E-state index in [1.165, 1.54) is 10.6 Å². The zero-order valence-electron chi connectivity index (χ0n) is 17.2. The van der Waals surface area contributed by atoms with Gasteiger partial charge in [0.15, 0.2) is 0 Å². The number of rotatable bonds is 8. The largest absolute Gasteiger partial charge is 0.377 e. The summed E-state index contributed by atoms with van der Waals surface area (Å²) in [5.74, 6) is 0.160. The number of amides is 1. The van der Waals surface area contributed by atoms with Crippen molar-refractivity contribution in [3.63, 3.8) is 0 Å². The first-order valence-corrected chi connectivity index (χ1v) is 11.6. The van der Waals surface area contributed by atoms with E-state index in [-0.39, 0.29) is 24.4 Å². The second-order valence-corrected chi connectivity index (χ2v) is 9.71. The molecule has 6 nitrogen and oxygen atoms in total. The number of nitrogens with zero attached hydrogens (tertiary/aromatic N) is 2. The monoisotopic (exact) mass is 395 g/mol. The van der Waals surface area contributed by atoms with Gasteiger partial charge in [0.1, 0.15) is 0 Å². The highest BCUT2D eigenvalue weighted by molar-refractivity contribution is 7.88. The van der Waals surface area contributed by atoms with Gasteiger partial charge in [0.25, 0.3) is 0 Å². The van der Waals surface area contributed by atoms with E-state index >= 15 is 0 Å². The molecule has 1 saturated carbocycles. The van der Waals surface area contributed by atoms with Crippen LogP contribution < -0.4 is 10.2 Å². The molecule has 2 rings (SSSR count). The summed E-state index contributed by atoms with van der Waals surface area (Å²) < 4.78 is 26.1. The average Bonchev–Trinajstić information content (AvgIpc) is 3.12. The number of hydrogen-bond donors (Lipinski definition) is 1. The lowest BCUT2D eigenvalue weighted by Gasteiger charge is -2.28. The van der Waals surface area contributed by atoms with Gasteiger partial charge in [-0.2, -0.15) is 4.31 Å². The predicted octanol–water partition coefficient (Wildman–Crippen LogP) is 3.44. The molecule has 1 N–H and O–H groups in total. The molecule has 1 atom stereocenters. The van der Waals surface area contributed by atoms with Gasteiger partial charge in [0, 0.05) is 44.0 Å². The van der Waals surface area contributed by atoms with Crippen molar-refractivity contribution in [2.75, 3.05) is 30.6 Å². The van der Waals surface area contributed by atoms with Crippen LogP contribution in [-0.4, -0.2) is 45.0 Å². The maximum Gasteiger partial charge on any atom is 0.227 e. The fourth-order valence-corrected chi connectivity index (χ4v) is 4.81. The van der Waals surface area contributed by atoms with E-state index < -0.39 is 10.0 Å². The first kappa shape index (κ1) is 21.7. The van der Waals surface area contributed by atoms with Crippen molar-refractivity contribution in [2.45, 2.75) is 58.5 Å². The van der Waals surface area contributed by atoms with Crippen LogP contribution in [-0.2, 0) is 21.4 Å². The molecule has 0 radical (unpaired) electrons. The van der Waals surface area contributed by atoms with Gasteiger partial charge >= 0.3 is 0 Å². The number of anilines is 2. The minimum Gasteiger partial charge on any atom is -0.377 e. The highest BCUT2D eigenvalue weighted by atomic mass is 32.2. The Morgan fingerprint density at radius 1 is 1.26 bits per heavy atom. The Labute approximate surface area is 164 Å². The van der Waals surface area contributed by atoms with Crippen LogP contribution in [0.1, 0.15) is 51.5 Å². The molecule has 7 heteroatoms. The summed E-state index contributed by atoms with van der Waals surface area (Å²) in [5.41, 5.74) is 2.56. The summed E-state index contributed by atoms with van der Waals surface area (Å²) in [6.07, 6.45) is 6.11. The molecule has 0 bridgehead atoms. The molecule has 0 saturated heterocycles. The molecule has 152 valence electrons. The molecule has 1 amide bonds. The topological polar surface area (TPSA) is 69.7 Å². The molecule has 27 heavy (non-hydrogen) atoms. The lowest BCUT2D eigenvalue weighted by molar-refractivity contribution is -0.119. The van der Waals surface area contributed by atoms with Crippen LogP contribution >= 0.6 is 0 Å². The lowest BCUT2D eigenvalue weighted by Crippen LogP contribution is -2.37. The average molecular weight is 396 g/mol. The minimum absolute atomic E-state index is 0.0675. The van der Waals surface area contributed by atoms with Crippen molar-refractivity contribution in [2.24, 2.45) is 5.92 Å². The minimum atomic E-state index is -3.34. The third-order valence-electron chi connectivity index (χ3n) is 5.39. The first-order valence-electron chi connectivity index (χ1n) is 9.71. The summed E-state index contributed by atoms with van der Waals surface area (Å²) in [6.45, 7) is 4.19. The van der Waals surface area contributed by atoms with Crippen molar-refractivity contribution in [3.8, 4) is 0 Å². The van der Waals surface area contributed by atoms with E-state index in [4.69, 9.17) is 0 Å². The fourth-order valence-electron chi connectivity index (χ4n) is 3.63. The van der Waals surface area contributed by atoms with Crippen molar-refractivity contribution in [3.05, 3.63) is 23.8 Å². The molecule has 1 aliphatic carbocycles. The number of carbonyl (C=O) groups excluding carboxylic acids is 1. The standard InChI is InChI=1S/C20H33N3O3S/c1-6-15(2)23(27(5,25)26)14-17-13-18(11-12-19(17)22(3)4)21-20(24)16-9-7-8-10-16/h11-13,15-16H,6-10,14H2,1-5H3,(H,21,24)/t15-/m0/s1. The van der Waals surface area contributed by atoms with Gasteiger partial charge in [0.05, 0.1) is 6.26 Å². The van der Waals surface area contributed by atoms with Crippen LogP contribution in [0.15, 0.2) is 18.2 Å². The van der Waals surface area contributed by atoms with Gasteiger partial charge in [-0.05, 0) is 49.9 Å². The van der Waals surface area contributed by atoms with Gasteiger partial charge in [-0.25, -0.2) is 8.42 Å². The second-order valence-electron chi connectivity index (χ2n) is 7.77. The van der Waals surface area contributed by atoms with E-state index in [9.17, 15) is 13.2 Å². The Morgan fingerprint density at radius 3 is 2.41 bits per heavy atom. The SMILES string of the molecule is CC[C@H](C)N(Cc1cc(NC(=O)C2CCCC2)ccc1N(C)C)S(C)(=O)=O. The maximum absolute atomic E-state index is 12.5. The van der Waals surface area contributed by atoms with Gasteiger partial charge in [-0.1, -0.05) is 19.8 Å². The van der Waals surface area contributed by atoms with Gasteiger partial charge < -0.3 is 10.2 Å². The van der Waals surface area contributed by atoms with Crippen LogP contribution in [0.3, 0.4) is 0 Å². The third kappa shape index (κ3) is 5.69. The number of nitrogens with one attached hydrogen (secondary N) is 1. The molecule has 0 aromatic heterocycles. The molecule has 1 aromatic carbocycles. The van der Waals surface area contributed by atoms with Crippen LogP contribution in [0.25, 0.3) is 0 Å². The second kappa shape index (κ2) is 9.06. The predicted molar refractivity (Wildman–Crippen MR) is 111 cm³/mol. The fraction of sp³-hybridized carbons (Fsp3) is 0.650. The highest BCUT2D eigenvalue weighted by Crippen LogP contribution is 2.29. The van der Waals surface area contributed by atoms with Crippen molar-refractivity contribution < 1.29 is 13.2 Å². The smallest absolute Gasteiger partial charge is 0.227 e. The summed E-state index contributed by atoms with van der Waals surface area (Å²) in [5, 5.41) is 3.02. The molecule has 1 aromatic rings. The number of benzene rings is 1. The molecule has 0 heterocycles. The van der Waals surface area contributed by atoms with E-state index in [0.717, 1.165) is 49.0 Å². The van der Waals surface area contributed by atoms with Crippen LogP contribution in [0.5, 0.6) is 0 Å². The number of hydrogen-bond acceptors (Lipinski definition) is 4. The first-order chi connectivity index (χ1) is 12.6. The molecular weight excluding hydrogens is 362 g/mol. The van der Waals surface area contributed by atoms with Crippen molar-refractivity contribution >= 4 is 27.3 Å². The Hall–Kier alpha value is -1.60. The zero-order chi connectivity index (χ0) is 20.2. The summed E-state index contributed by atoms with van der Waals surface area (Å²) in [6, 6.07) is 5.64. The summed E-state index contributed by atoms with van der Waals surface area (Å²) in [7, 11) is 0.530. The van der Waals surface area contributed by atoms with Crippen molar-refractivity contribution in [1.82, 2.24) is 4.31 Å². The molecule has 0 aliphatic heterocycles. The third-order valence-corrected chi connectivity index (χ3v) is 6.73. The van der Waals surface area contributed by atoms with Crippen molar-refractivity contribution in [1.29, 1.82) is 0 Å². The molecule has 1 fully saturated rings. The van der Waals surface area contributed by atoms with Crippen LogP contribution in [0, 0.1) is 5.92 Å². The Bertz CT molecular complexity index is 756. The quantitative estimate of drug-likeness (QED) is 0.732. The van der Waals surface area contributed by atoms with E-state index in [1.54, 1.807) is 0 Å².